The smallest absolute Gasteiger partial charge is 0.270 e. The van der Waals surface area contributed by atoms with Gasteiger partial charge in [0.15, 0.2) is 5.11 Å². The molecule has 0 spiro atoms. The van der Waals surface area contributed by atoms with Crippen molar-refractivity contribution in [2.24, 2.45) is 0 Å². The van der Waals surface area contributed by atoms with Crippen LogP contribution in [-0.2, 0) is 16.1 Å². The van der Waals surface area contributed by atoms with Crippen LogP contribution in [0.1, 0.15) is 18.1 Å². The Morgan fingerprint density at radius 1 is 1.14 bits per heavy atom. The number of anilines is 1. The molecule has 7 heteroatoms. The van der Waals surface area contributed by atoms with E-state index < -0.39 is 11.8 Å². The van der Waals surface area contributed by atoms with Crippen LogP contribution in [0.5, 0.6) is 0 Å². The molecular formula is C22H18ClN3O2S. The second-order valence-electron chi connectivity index (χ2n) is 6.73. The van der Waals surface area contributed by atoms with Crippen LogP contribution in [0.4, 0.5) is 5.69 Å². The quantitative estimate of drug-likeness (QED) is 0.384. The summed E-state index contributed by atoms with van der Waals surface area (Å²) in [4.78, 5) is 27.2. The third-order valence-electron chi connectivity index (χ3n) is 5.04. The van der Waals surface area contributed by atoms with Crippen LogP contribution in [-0.4, -0.2) is 21.5 Å². The molecule has 146 valence electrons. The van der Waals surface area contributed by atoms with E-state index in [4.69, 9.17) is 23.8 Å². The van der Waals surface area contributed by atoms with Crippen molar-refractivity contribution in [2.75, 3.05) is 4.90 Å². The zero-order valence-corrected chi connectivity index (χ0v) is 17.5. The number of aryl methyl sites for hydroxylation is 1. The number of rotatable bonds is 3. The molecule has 0 bridgehead atoms. The van der Waals surface area contributed by atoms with Gasteiger partial charge in [-0.15, -0.1) is 0 Å². The van der Waals surface area contributed by atoms with Gasteiger partial charge in [-0.3, -0.25) is 19.8 Å². The van der Waals surface area contributed by atoms with Crippen LogP contribution in [0.25, 0.3) is 17.0 Å². The molecule has 5 nitrogen and oxygen atoms in total. The van der Waals surface area contributed by atoms with Crippen molar-refractivity contribution in [2.45, 2.75) is 20.4 Å². The Balaban J connectivity index is 1.84. The van der Waals surface area contributed by atoms with Crippen LogP contribution < -0.4 is 10.2 Å². The minimum atomic E-state index is -0.510. The Bertz CT molecular complexity index is 1210. The first-order valence-corrected chi connectivity index (χ1v) is 9.95. The summed E-state index contributed by atoms with van der Waals surface area (Å²) < 4.78 is 2.08. The fourth-order valence-electron chi connectivity index (χ4n) is 3.52. The Labute approximate surface area is 178 Å². The summed E-state index contributed by atoms with van der Waals surface area (Å²) in [7, 11) is 0. The summed E-state index contributed by atoms with van der Waals surface area (Å²) in [6, 6.07) is 13.1. The van der Waals surface area contributed by atoms with Gasteiger partial charge in [-0.05, 0) is 55.9 Å². The third-order valence-corrected chi connectivity index (χ3v) is 5.74. The third kappa shape index (κ3) is 3.24. The van der Waals surface area contributed by atoms with Crippen molar-refractivity contribution in [1.29, 1.82) is 0 Å². The van der Waals surface area contributed by atoms with Gasteiger partial charge in [-0.2, -0.15) is 0 Å². The van der Waals surface area contributed by atoms with E-state index in [-0.39, 0.29) is 10.7 Å². The number of nitrogens with one attached hydrogen (secondary N) is 1. The number of nitrogens with zero attached hydrogens (tertiary/aromatic N) is 2. The molecule has 1 aromatic heterocycles. The van der Waals surface area contributed by atoms with Gasteiger partial charge in [0.05, 0.1) is 5.69 Å². The SMILES string of the molecule is CCn1cc(/C=C2\C(=O)NC(=S)N(c3cccc(Cl)c3C)C2=O)c2ccccc21. The lowest BCUT2D eigenvalue weighted by Gasteiger charge is -2.30. The van der Waals surface area contributed by atoms with E-state index in [1.807, 2.05) is 44.3 Å². The molecule has 0 atom stereocenters. The number of carbonyl (C=O) groups excluding carboxylic acids is 2. The molecular weight excluding hydrogens is 406 g/mol. The van der Waals surface area contributed by atoms with Gasteiger partial charge >= 0.3 is 0 Å². The first kappa shape index (κ1) is 19.4. The lowest BCUT2D eigenvalue weighted by Crippen LogP contribution is -2.54. The molecule has 3 aromatic rings. The van der Waals surface area contributed by atoms with Gasteiger partial charge in [-0.1, -0.05) is 35.9 Å². The van der Waals surface area contributed by atoms with Crippen molar-refractivity contribution in [3.63, 3.8) is 0 Å². The minimum absolute atomic E-state index is 0.0250. The maximum Gasteiger partial charge on any atom is 0.270 e. The van der Waals surface area contributed by atoms with Crippen LogP contribution in [0.15, 0.2) is 54.2 Å². The molecule has 1 N–H and O–H groups in total. The van der Waals surface area contributed by atoms with E-state index >= 15 is 0 Å². The number of benzene rings is 2. The number of aromatic nitrogens is 1. The number of amides is 2. The maximum absolute atomic E-state index is 13.3. The van der Waals surface area contributed by atoms with Gasteiger partial charge in [0, 0.05) is 34.2 Å². The molecule has 4 rings (SSSR count). The second kappa shape index (κ2) is 7.46. The molecule has 0 aliphatic carbocycles. The average molecular weight is 424 g/mol. The number of hydrogen-bond acceptors (Lipinski definition) is 3. The first-order chi connectivity index (χ1) is 13.9. The fourth-order valence-corrected chi connectivity index (χ4v) is 3.97. The highest BCUT2D eigenvalue weighted by atomic mass is 35.5. The normalized spacial score (nSPS) is 16.0. The number of halogens is 1. The van der Waals surface area contributed by atoms with Gasteiger partial charge in [0.1, 0.15) is 5.57 Å². The zero-order valence-electron chi connectivity index (χ0n) is 15.9. The molecule has 0 saturated carbocycles. The van der Waals surface area contributed by atoms with E-state index in [1.165, 1.54) is 4.90 Å². The molecule has 29 heavy (non-hydrogen) atoms. The van der Waals surface area contributed by atoms with E-state index in [0.29, 0.717) is 16.3 Å². The number of carbonyl (C=O) groups is 2. The van der Waals surface area contributed by atoms with E-state index in [2.05, 4.69) is 9.88 Å². The molecule has 2 heterocycles. The minimum Gasteiger partial charge on any atom is -0.347 e. The van der Waals surface area contributed by atoms with Gasteiger partial charge in [0.25, 0.3) is 11.8 Å². The highest BCUT2D eigenvalue weighted by Gasteiger charge is 2.35. The molecule has 1 aliphatic rings. The maximum atomic E-state index is 13.3. The molecule has 0 unspecified atom stereocenters. The summed E-state index contributed by atoms with van der Waals surface area (Å²) in [5.41, 5.74) is 3.13. The van der Waals surface area contributed by atoms with E-state index in [1.54, 1.807) is 24.3 Å². The predicted molar refractivity (Wildman–Crippen MR) is 120 cm³/mol. The van der Waals surface area contributed by atoms with Gasteiger partial charge < -0.3 is 4.57 Å². The monoisotopic (exact) mass is 423 g/mol. The fraction of sp³-hybridized carbons (Fsp3) is 0.136. The Hall–Kier alpha value is -2.96. The highest BCUT2D eigenvalue weighted by molar-refractivity contribution is 7.80. The number of hydrogen-bond donors (Lipinski definition) is 1. The highest BCUT2D eigenvalue weighted by Crippen LogP contribution is 2.30. The number of fused-ring (bicyclic) bond motifs is 1. The summed E-state index contributed by atoms with van der Waals surface area (Å²) in [5, 5.41) is 4.16. The lowest BCUT2D eigenvalue weighted by atomic mass is 10.1. The Morgan fingerprint density at radius 2 is 1.90 bits per heavy atom. The van der Waals surface area contributed by atoms with Crippen LogP contribution in [0.2, 0.25) is 5.02 Å². The predicted octanol–water partition coefficient (Wildman–Crippen LogP) is 4.45. The van der Waals surface area contributed by atoms with Crippen molar-refractivity contribution in [3.8, 4) is 0 Å². The van der Waals surface area contributed by atoms with Gasteiger partial charge in [-0.25, -0.2) is 0 Å². The topological polar surface area (TPSA) is 54.3 Å². The van der Waals surface area contributed by atoms with Crippen molar-refractivity contribution in [1.82, 2.24) is 9.88 Å². The Kier molecular flexibility index (Phi) is 4.98. The van der Waals surface area contributed by atoms with Crippen molar-refractivity contribution >= 4 is 63.4 Å². The van der Waals surface area contributed by atoms with Crippen LogP contribution in [0, 0.1) is 6.92 Å². The number of para-hydroxylation sites is 1. The summed E-state index contributed by atoms with van der Waals surface area (Å²) in [6.07, 6.45) is 3.57. The lowest BCUT2D eigenvalue weighted by molar-refractivity contribution is -0.122. The van der Waals surface area contributed by atoms with Crippen molar-refractivity contribution in [3.05, 3.63) is 70.4 Å². The second-order valence-corrected chi connectivity index (χ2v) is 7.52. The van der Waals surface area contributed by atoms with E-state index in [9.17, 15) is 9.59 Å². The number of thiocarbonyl (C=S) groups is 1. The largest absolute Gasteiger partial charge is 0.347 e. The summed E-state index contributed by atoms with van der Waals surface area (Å²) in [6.45, 7) is 4.63. The van der Waals surface area contributed by atoms with Crippen LogP contribution >= 0.6 is 23.8 Å². The Morgan fingerprint density at radius 3 is 2.66 bits per heavy atom. The average Bonchev–Trinajstić information content (AvgIpc) is 3.06. The standard InChI is InChI=1S/C22H18ClN3O2S/c1-3-25-12-14(15-7-4-5-9-19(15)25)11-16-20(27)24-22(29)26(21(16)28)18-10-6-8-17(23)13(18)2/h4-12H,3H2,1-2H3,(H,24,27,29)/b16-11+. The molecule has 1 aliphatic heterocycles. The van der Waals surface area contributed by atoms with Crippen molar-refractivity contribution < 1.29 is 9.59 Å². The van der Waals surface area contributed by atoms with Gasteiger partial charge in [0.2, 0.25) is 0 Å². The van der Waals surface area contributed by atoms with Crippen LogP contribution in [0.3, 0.4) is 0 Å². The zero-order chi connectivity index (χ0) is 20.7. The first-order valence-electron chi connectivity index (χ1n) is 9.16. The molecule has 2 amide bonds. The molecule has 0 radical (unpaired) electrons. The molecule has 1 fully saturated rings. The molecule has 1 saturated heterocycles. The summed E-state index contributed by atoms with van der Waals surface area (Å²) >= 11 is 11.5. The molecule has 2 aromatic carbocycles. The summed E-state index contributed by atoms with van der Waals surface area (Å²) in [5.74, 6) is -0.985. The van der Waals surface area contributed by atoms with E-state index in [0.717, 1.165) is 23.0 Å².